The Hall–Kier alpha value is -1.30. The number of halogens is 2. The van der Waals surface area contributed by atoms with Crippen molar-refractivity contribution in [2.75, 3.05) is 31.5 Å². The number of carbonyl (C=O) groups is 2. The van der Waals surface area contributed by atoms with Crippen molar-refractivity contribution in [3.05, 3.63) is 28.8 Å². The molecule has 25 heavy (non-hydrogen) atoms. The van der Waals surface area contributed by atoms with Gasteiger partial charge < -0.3 is 15.5 Å². The van der Waals surface area contributed by atoms with Crippen LogP contribution in [0.1, 0.15) is 42.5 Å². The summed E-state index contributed by atoms with van der Waals surface area (Å²) in [6.45, 7) is 3.27. The molecule has 0 unspecified atom stereocenters. The number of piperidine rings is 2. The molecule has 0 aliphatic carbocycles. The highest BCUT2D eigenvalue weighted by Crippen LogP contribution is 2.25. The predicted molar refractivity (Wildman–Crippen MR) is 103 cm³/mol. The van der Waals surface area contributed by atoms with Gasteiger partial charge in [-0.3, -0.25) is 9.59 Å². The van der Waals surface area contributed by atoms with E-state index < -0.39 is 0 Å². The summed E-state index contributed by atoms with van der Waals surface area (Å²) in [4.78, 5) is 27.2. The largest absolute Gasteiger partial charge is 0.339 e. The number of amides is 2. The fourth-order valence-electron chi connectivity index (χ4n) is 3.39. The lowest BCUT2D eigenvalue weighted by Gasteiger charge is -2.28. The third kappa shape index (κ3) is 5.09. The van der Waals surface area contributed by atoms with Crippen LogP contribution in [0.4, 0.5) is 5.69 Å². The zero-order chi connectivity index (χ0) is 16.9. The standard InChI is InChI=1S/C18H24ClN3O2.ClH/c19-14-4-5-15(18(24)22-10-2-1-3-11-22)16(12-14)21-17(23)13-6-8-20-9-7-13;/h4-5,12-13,20H,1-3,6-11H2,(H,21,23);1H. The first-order valence-electron chi connectivity index (χ1n) is 8.75. The van der Waals surface area contributed by atoms with Crippen LogP contribution < -0.4 is 10.6 Å². The van der Waals surface area contributed by atoms with Crippen LogP contribution in [0.3, 0.4) is 0 Å². The molecule has 2 amide bonds. The lowest BCUT2D eigenvalue weighted by Crippen LogP contribution is -2.37. The number of nitrogens with one attached hydrogen (secondary N) is 2. The normalized spacial score (nSPS) is 18.4. The molecular weight excluding hydrogens is 361 g/mol. The summed E-state index contributed by atoms with van der Waals surface area (Å²) in [5.74, 6) is -0.0541. The van der Waals surface area contributed by atoms with Crippen molar-refractivity contribution in [2.45, 2.75) is 32.1 Å². The van der Waals surface area contributed by atoms with Crippen molar-refractivity contribution in [3.63, 3.8) is 0 Å². The smallest absolute Gasteiger partial charge is 0.255 e. The molecule has 2 aliphatic rings. The summed E-state index contributed by atoms with van der Waals surface area (Å²) in [5.41, 5.74) is 1.06. The molecular formula is C18H25Cl2N3O2. The van der Waals surface area contributed by atoms with Crippen LogP contribution in [0.15, 0.2) is 18.2 Å². The number of hydrogen-bond donors (Lipinski definition) is 2. The summed E-state index contributed by atoms with van der Waals surface area (Å²) >= 11 is 6.09. The van der Waals surface area contributed by atoms with Gasteiger partial charge in [0, 0.05) is 24.0 Å². The maximum Gasteiger partial charge on any atom is 0.255 e. The Morgan fingerprint density at radius 3 is 2.48 bits per heavy atom. The molecule has 5 nitrogen and oxygen atoms in total. The molecule has 0 aromatic heterocycles. The molecule has 2 heterocycles. The molecule has 0 radical (unpaired) electrons. The summed E-state index contributed by atoms with van der Waals surface area (Å²) in [6, 6.07) is 5.11. The Balaban J connectivity index is 0.00000225. The van der Waals surface area contributed by atoms with Gasteiger partial charge in [0.05, 0.1) is 11.3 Å². The number of likely N-dealkylation sites (tertiary alicyclic amines) is 1. The van der Waals surface area contributed by atoms with Gasteiger partial charge in [0.25, 0.3) is 5.91 Å². The van der Waals surface area contributed by atoms with Crippen LogP contribution in [0.5, 0.6) is 0 Å². The average Bonchev–Trinajstić information content (AvgIpc) is 2.63. The van der Waals surface area contributed by atoms with E-state index in [-0.39, 0.29) is 30.1 Å². The fraction of sp³-hybridized carbons (Fsp3) is 0.556. The number of benzene rings is 1. The van der Waals surface area contributed by atoms with E-state index in [1.807, 2.05) is 4.90 Å². The number of anilines is 1. The Kier molecular flexibility index (Phi) is 7.54. The van der Waals surface area contributed by atoms with E-state index in [1.54, 1.807) is 18.2 Å². The second kappa shape index (κ2) is 9.41. The Labute approximate surface area is 159 Å². The first kappa shape index (κ1) is 20.0. The molecule has 7 heteroatoms. The van der Waals surface area contributed by atoms with Gasteiger partial charge in [0.2, 0.25) is 5.91 Å². The second-order valence-electron chi connectivity index (χ2n) is 6.56. The van der Waals surface area contributed by atoms with Crippen LogP contribution >= 0.6 is 24.0 Å². The third-order valence-electron chi connectivity index (χ3n) is 4.82. The average molecular weight is 386 g/mol. The topological polar surface area (TPSA) is 61.4 Å². The molecule has 3 rings (SSSR count). The van der Waals surface area contributed by atoms with E-state index >= 15 is 0 Å². The predicted octanol–water partition coefficient (Wildman–Crippen LogP) is 3.33. The van der Waals surface area contributed by atoms with Crippen molar-refractivity contribution in [2.24, 2.45) is 5.92 Å². The maximum atomic E-state index is 12.8. The minimum Gasteiger partial charge on any atom is -0.339 e. The highest BCUT2D eigenvalue weighted by atomic mass is 35.5. The Morgan fingerprint density at radius 2 is 1.80 bits per heavy atom. The lowest BCUT2D eigenvalue weighted by atomic mass is 9.97. The summed E-state index contributed by atoms with van der Waals surface area (Å²) in [7, 11) is 0. The Bertz CT molecular complexity index is 612. The van der Waals surface area contributed by atoms with E-state index in [4.69, 9.17) is 11.6 Å². The van der Waals surface area contributed by atoms with Crippen molar-refractivity contribution >= 4 is 41.5 Å². The first-order chi connectivity index (χ1) is 11.6. The molecule has 0 atom stereocenters. The van der Waals surface area contributed by atoms with E-state index in [2.05, 4.69) is 10.6 Å². The minimum atomic E-state index is -0.0218. The maximum absolute atomic E-state index is 12.8. The van der Waals surface area contributed by atoms with Gasteiger partial charge >= 0.3 is 0 Å². The van der Waals surface area contributed by atoms with Gasteiger partial charge in [-0.1, -0.05) is 11.6 Å². The molecule has 1 aromatic carbocycles. The highest BCUT2D eigenvalue weighted by Gasteiger charge is 2.25. The highest BCUT2D eigenvalue weighted by molar-refractivity contribution is 6.31. The zero-order valence-electron chi connectivity index (χ0n) is 14.2. The molecule has 2 aliphatic heterocycles. The SMILES string of the molecule is Cl.O=C(Nc1cc(Cl)ccc1C(=O)N1CCCCC1)C1CCNCC1. The van der Waals surface area contributed by atoms with Gasteiger partial charge in [0.1, 0.15) is 0 Å². The van der Waals surface area contributed by atoms with Gasteiger partial charge in [-0.15, -0.1) is 12.4 Å². The molecule has 2 fully saturated rings. The molecule has 1 aromatic rings. The summed E-state index contributed by atoms with van der Waals surface area (Å²) in [6.07, 6.45) is 4.89. The first-order valence-corrected chi connectivity index (χ1v) is 9.13. The van der Waals surface area contributed by atoms with Crippen molar-refractivity contribution < 1.29 is 9.59 Å². The second-order valence-corrected chi connectivity index (χ2v) is 6.99. The third-order valence-corrected chi connectivity index (χ3v) is 5.06. The lowest BCUT2D eigenvalue weighted by molar-refractivity contribution is -0.120. The van der Waals surface area contributed by atoms with E-state index in [9.17, 15) is 9.59 Å². The van der Waals surface area contributed by atoms with Crippen LogP contribution in [0.25, 0.3) is 0 Å². The number of nitrogens with zero attached hydrogens (tertiary/aromatic N) is 1. The van der Waals surface area contributed by atoms with Gasteiger partial charge in [0.15, 0.2) is 0 Å². The van der Waals surface area contributed by atoms with E-state index in [0.717, 1.165) is 51.9 Å². The molecule has 2 N–H and O–H groups in total. The molecule has 138 valence electrons. The van der Waals surface area contributed by atoms with Gasteiger partial charge in [-0.05, 0) is 63.4 Å². The van der Waals surface area contributed by atoms with E-state index in [0.29, 0.717) is 16.3 Å². The minimum absolute atomic E-state index is 0. The molecule has 0 bridgehead atoms. The Morgan fingerprint density at radius 1 is 1.12 bits per heavy atom. The molecule has 0 spiro atoms. The van der Waals surface area contributed by atoms with Gasteiger partial charge in [-0.25, -0.2) is 0 Å². The van der Waals surface area contributed by atoms with Crippen LogP contribution in [-0.2, 0) is 4.79 Å². The van der Waals surface area contributed by atoms with Crippen molar-refractivity contribution in [1.82, 2.24) is 10.2 Å². The van der Waals surface area contributed by atoms with E-state index in [1.165, 1.54) is 6.42 Å². The fourth-order valence-corrected chi connectivity index (χ4v) is 3.56. The zero-order valence-corrected chi connectivity index (χ0v) is 15.8. The summed E-state index contributed by atoms with van der Waals surface area (Å²) in [5, 5.41) is 6.71. The molecule has 0 saturated carbocycles. The number of rotatable bonds is 3. The number of hydrogen-bond acceptors (Lipinski definition) is 3. The van der Waals surface area contributed by atoms with Crippen LogP contribution in [0, 0.1) is 5.92 Å². The van der Waals surface area contributed by atoms with Crippen molar-refractivity contribution in [3.8, 4) is 0 Å². The monoisotopic (exact) mass is 385 g/mol. The van der Waals surface area contributed by atoms with Gasteiger partial charge in [-0.2, -0.15) is 0 Å². The number of carbonyl (C=O) groups excluding carboxylic acids is 2. The van der Waals surface area contributed by atoms with Crippen LogP contribution in [0.2, 0.25) is 5.02 Å². The van der Waals surface area contributed by atoms with Crippen molar-refractivity contribution in [1.29, 1.82) is 0 Å². The molecule has 2 saturated heterocycles. The van der Waals surface area contributed by atoms with Crippen LogP contribution in [-0.4, -0.2) is 42.9 Å². The quantitative estimate of drug-likeness (QED) is 0.838. The summed E-state index contributed by atoms with van der Waals surface area (Å²) < 4.78 is 0.